The number of para-hydroxylation sites is 1. The summed E-state index contributed by atoms with van der Waals surface area (Å²) in [6.07, 6.45) is -0.545. The maximum atomic E-state index is 13.0. The molecule has 0 aliphatic rings. The van der Waals surface area contributed by atoms with E-state index in [1.807, 2.05) is 42.6 Å². The van der Waals surface area contributed by atoms with Crippen LogP contribution in [0.5, 0.6) is 5.75 Å². The van der Waals surface area contributed by atoms with E-state index >= 15 is 0 Å². The number of anilines is 1. The first-order valence-electron chi connectivity index (χ1n) is 10.0. The fraction of sp³-hybridized carbons (Fsp3) is 0.160. The molecule has 3 aromatic carbocycles. The molecule has 0 fully saturated rings. The molecule has 4 rings (SSSR count). The fourth-order valence-corrected chi connectivity index (χ4v) is 3.65. The van der Waals surface area contributed by atoms with E-state index in [1.54, 1.807) is 4.57 Å². The highest BCUT2D eigenvalue weighted by atomic mass is 19.3. The predicted molar refractivity (Wildman–Crippen MR) is 119 cm³/mol. The van der Waals surface area contributed by atoms with Gasteiger partial charge in [0.05, 0.1) is 5.52 Å². The van der Waals surface area contributed by atoms with E-state index in [-0.39, 0.29) is 11.8 Å². The fourth-order valence-electron chi connectivity index (χ4n) is 3.65. The van der Waals surface area contributed by atoms with Gasteiger partial charge < -0.3 is 10.1 Å². The van der Waals surface area contributed by atoms with Gasteiger partial charge in [0, 0.05) is 29.8 Å². The monoisotopic (exact) mass is 420 g/mol. The number of aromatic nitrogens is 1. The van der Waals surface area contributed by atoms with Gasteiger partial charge in [0.2, 0.25) is 0 Å². The zero-order valence-corrected chi connectivity index (χ0v) is 17.2. The SMILES string of the molecule is CCc1ccccc1-c1cn(C(=O)Nc2ccc(OC(C)(F)F)cc2)c2ccccc12. The first-order valence-corrected chi connectivity index (χ1v) is 10.0. The standard InChI is InChI=1S/C25H22F2N2O2/c1-3-17-8-4-5-9-20(17)22-16-29(23-11-7-6-10-21(22)23)24(30)28-18-12-14-19(15-13-18)31-25(2,26)27/h4-16H,3H2,1-2H3,(H,28,30). The summed E-state index contributed by atoms with van der Waals surface area (Å²) in [5, 5.41) is 3.79. The van der Waals surface area contributed by atoms with Crippen LogP contribution in [-0.4, -0.2) is 16.7 Å². The number of alkyl halides is 2. The van der Waals surface area contributed by atoms with Crippen LogP contribution in [0.3, 0.4) is 0 Å². The second-order valence-corrected chi connectivity index (χ2v) is 7.31. The lowest BCUT2D eigenvalue weighted by molar-refractivity contribution is -0.158. The summed E-state index contributed by atoms with van der Waals surface area (Å²) in [5.41, 5.74) is 4.54. The van der Waals surface area contributed by atoms with Crippen molar-refractivity contribution in [2.45, 2.75) is 26.4 Å². The van der Waals surface area contributed by atoms with Gasteiger partial charge in [0.1, 0.15) is 5.75 Å². The molecule has 1 aromatic heterocycles. The van der Waals surface area contributed by atoms with Crippen molar-refractivity contribution in [2.75, 3.05) is 5.32 Å². The maximum Gasteiger partial charge on any atom is 0.394 e. The summed E-state index contributed by atoms with van der Waals surface area (Å²) in [4.78, 5) is 13.0. The number of ether oxygens (including phenoxy) is 1. The van der Waals surface area contributed by atoms with Crippen molar-refractivity contribution in [2.24, 2.45) is 0 Å². The molecular formula is C25H22F2N2O2. The Balaban J connectivity index is 1.66. The van der Waals surface area contributed by atoms with Gasteiger partial charge in [-0.15, -0.1) is 0 Å². The molecule has 1 amide bonds. The third-order valence-corrected chi connectivity index (χ3v) is 5.02. The van der Waals surface area contributed by atoms with Crippen molar-refractivity contribution in [3.05, 3.63) is 84.6 Å². The first kappa shape index (κ1) is 20.6. The minimum absolute atomic E-state index is 0.0235. The summed E-state index contributed by atoms with van der Waals surface area (Å²) in [7, 11) is 0. The van der Waals surface area contributed by atoms with Gasteiger partial charge in [-0.3, -0.25) is 4.57 Å². The largest absolute Gasteiger partial charge is 0.433 e. The highest BCUT2D eigenvalue weighted by molar-refractivity contribution is 6.04. The Hall–Kier alpha value is -3.67. The number of carbonyl (C=O) groups excluding carboxylic acids is 1. The molecule has 0 saturated heterocycles. The average Bonchev–Trinajstić information content (AvgIpc) is 3.14. The first-order chi connectivity index (χ1) is 14.9. The van der Waals surface area contributed by atoms with E-state index < -0.39 is 6.11 Å². The second kappa shape index (κ2) is 8.22. The van der Waals surface area contributed by atoms with Crippen LogP contribution in [0.25, 0.3) is 22.0 Å². The highest BCUT2D eigenvalue weighted by Gasteiger charge is 2.23. The highest BCUT2D eigenvalue weighted by Crippen LogP contribution is 2.33. The minimum Gasteiger partial charge on any atom is -0.433 e. The van der Waals surface area contributed by atoms with Crippen molar-refractivity contribution in [3.8, 4) is 16.9 Å². The number of amides is 1. The van der Waals surface area contributed by atoms with Crippen LogP contribution in [0.4, 0.5) is 19.3 Å². The normalized spacial score (nSPS) is 11.5. The molecule has 158 valence electrons. The van der Waals surface area contributed by atoms with E-state index in [0.29, 0.717) is 12.6 Å². The van der Waals surface area contributed by atoms with Gasteiger partial charge in [0.15, 0.2) is 0 Å². The lowest BCUT2D eigenvalue weighted by atomic mass is 9.98. The van der Waals surface area contributed by atoms with Crippen LogP contribution in [0.1, 0.15) is 19.4 Å². The number of nitrogens with one attached hydrogen (secondary N) is 1. The van der Waals surface area contributed by atoms with Gasteiger partial charge in [-0.2, -0.15) is 8.78 Å². The molecule has 0 spiro atoms. The van der Waals surface area contributed by atoms with E-state index in [4.69, 9.17) is 0 Å². The second-order valence-electron chi connectivity index (χ2n) is 7.31. The number of hydrogen-bond acceptors (Lipinski definition) is 2. The molecule has 1 heterocycles. The topological polar surface area (TPSA) is 43.3 Å². The molecule has 0 atom stereocenters. The number of halogens is 2. The van der Waals surface area contributed by atoms with Crippen LogP contribution in [-0.2, 0) is 6.42 Å². The van der Waals surface area contributed by atoms with Crippen LogP contribution < -0.4 is 10.1 Å². The zero-order valence-electron chi connectivity index (χ0n) is 17.2. The smallest absolute Gasteiger partial charge is 0.394 e. The molecule has 4 aromatic rings. The molecule has 4 nitrogen and oxygen atoms in total. The molecule has 0 saturated carbocycles. The van der Waals surface area contributed by atoms with Gasteiger partial charge in [-0.1, -0.05) is 49.4 Å². The van der Waals surface area contributed by atoms with Crippen LogP contribution >= 0.6 is 0 Å². The van der Waals surface area contributed by atoms with E-state index in [1.165, 1.54) is 29.8 Å². The zero-order chi connectivity index (χ0) is 22.0. The number of hydrogen-bond donors (Lipinski definition) is 1. The lowest BCUT2D eigenvalue weighted by Crippen LogP contribution is -2.19. The maximum absolute atomic E-state index is 13.0. The number of fused-ring (bicyclic) bond motifs is 1. The summed E-state index contributed by atoms with van der Waals surface area (Å²) in [6, 6.07) is 21.4. The predicted octanol–water partition coefficient (Wildman–Crippen LogP) is 6.94. The molecule has 6 heteroatoms. The van der Waals surface area contributed by atoms with Crippen LogP contribution in [0.15, 0.2) is 79.0 Å². The molecular weight excluding hydrogens is 398 g/mol. The quantitative estimate of drug-likeness (QED) is 0.380. The van der Waals surface area contributed by atoms with Gasteiger partial charge in [0.25, 0.3) is 0 Å². The molecule has 0 unspecified atom stereocenters. The van der Waals surface area contributed by atoms with E-state index in [0.717, 1.165) is 28.5 Å². The Kier molecular flexibility index (Phi) is 5.46. The summed E-state index contributed by atoms with van der Waals surface area (Å²) in [5.74, 6) is 0.0235. The molecule has 0 aliphatic heterocycles. The Morgan fingerprint density at radius 2 is 1.65 bits per heavy atom. The Labute approximate surface area is 179 Å². The minimum atomic E-state index is -3.26. The number of carbonyl (C=O) groups is 1. The summed E-state index contributed by atoms with van der Waals surface area (Å²) in [6.45, 7) is 2.78. The average molecular weight is 420 g/mol. The third kappa shape index (κ3) is 4.43. The van der Waals surface area contributed by atoms with Crippen molar-refractivity contribution in [1.29, 1.82) is 0 Å². The number of aryl methyl sites for hydroxylation is 1. The van der Waals surface area contributed by atoms with Crippen LogP contribution in [0.2, 0.25) is 0 Å². The summed E-state index contributed by atoms with van der Waals surface area (Å²) >= 11 is 0. The van der Waals surface area contributed by atoms with E-state index in [2.05, 4.69) is 29.1 Å². The Morgan fingerprint density at radius 3 is 2.35 bits per heavy atom. The van der Waals surface area contributed by atoms with Gasteiger partial charge in [-0.05, 0) is 47.9 Å². The molecule has 0 aliphatic carbocycles. The third-order valence-electron chi connectivity index (χ3n) is 5.02. The van der Waals surface area contributed by atoms with Crippen molar-refractivity contribution < 1.29 is 18.3 Å². The molecule has 0 bridgehead atoms. The Morgan fingerprint density at radius 1 is 0.968 bits per heavy atom. The number of benzene rings is 3. The van der Waals surface area contributed by atoms with Gasteiger partial charge >= 0.3 is 12.1 Å². The van der Waals surface area contributed by atoms with Crippen molar-refractivity contribution >= 4 is 22.6 Å². The number of rotatable bonds is 5. The summed E-state index contributed by atoms with van der Waals surface area (Å²) < 4.78 is 32.1. The lowest BCUT2D eigenvalue weighted by Gasteiger charge is -2.13. The van der Waals surface area contributed by atoms with Crippen molar-refractivity contribution in [3.63, 3.8) is 0 Å². The number of nitrogens with zero attached hydrogens (tertiary/aromatic N) is 1. The van der Waals surface area contributed by atoms with Crippen LogP contribution in [0, 0.1) is 0 Å². The van der Waals surface area contributed by atoms with Gasteiger partial charge in [-0.25, -0.2) is 4.79 Å². The molecule has 1 N–H and O–H groups in total. The van der Waals surface area contributed by atoms with E-state index in [9.17, 15) is 13.6 Å². The Bertz CT molecular complexity index is 1220. The molecule has 31 heavy (non-hydrogen) atoms. The van der Waals surface area contributed by atoms with Crippen molar-refractivity contribution in [1.82, 2.24) is 4.57 Å². The molecule has 0 radical (unpaired) electrons.